The van der Waals surface area contributed by atoms with Crippen LogP contribution in [0.25, 0.3) is 0 Å². The number of aromatic nitrogens is 1. The lowest BCUT2D eigenvalue weighted by Crippen LogP contribution is -2.45. The highest BCUT2D eigenvalue weighted by Gasteiger charge is 2.36. The molecule has 1 aromatic carbocycles. The number of carbonyl (C=O) groups excluding carboxylic acids is 1. The molecule has 0 atom stereocenters. The van der Waals surface area contributed by atoms with Crippen molar-refractivity contribution in [2.45, 2.75) is 25.4 Å². The molecule has 2 heterocycles. The van der Waals surface area contributed by atoms with Gasteiger partial charge in [0, 0.05) is 35.6 Å². The van der Waals surface area contributed by atoms with Crippen LogP contribution < -0.4 is 0 Å². The summed E-state index contributed by atoms with van der Waals surface area (Å²) in [7, 11) is 0. The van der Waals surface area contributed by atoms with E-state index < -0.39 is 5.60 Å². The van der Waals surface area contributed by atoms with Crippen LogP contribution in [0.4, 0.5) is 0 Å². The number of halogens is 1. The number of pyridine rings is 1. The maximum atomic E-state index is 12.5. The molecule has 1 N–H and O–H groups in total. The SMILES string of the molecule is Cc1ccc(C(=O)N2CCC(O)(c3ccccc3Cl)CC2)cn1. The van der Waals surface area contributed by atoms with Crippen LogP contribution in [0.1, 0.15) is 34.5 Å². The number of rotatable bonds is 2. The average Bonchev–Trinajstić information content (AvgIpc) is 2.56. The molecule has 2 aromatic rings. The molecular formula is C18H19ClN2O2. The fourth-order valence-electron chi connectivity index (χ4n) is 2.96. The Morgan fingerprint density at radius 1 is 1.22 bits per heavy atom. The van der Waals surface area contributed by atoms with Crippen molar-refractivity contribution in [3.63, 3.8) is 0 Å². The van der Waals surface area contributed by atoms with Crippen LogP contribution >= 0.6 is 11.6 Å². The summed E-state index contributed by atoms with van der Waals surface area (Å²) in [4.78, 5) is 18.4. The normalized spacial score (nSPS) is 17.1. The summed E-state index contributed by atoms with van der Waals surface area (Å²) in [5, 5.41) is 11.5. The van der Waals surface area contributed by atoms with Gasteiger partial charge in [-0.05, 0) is 38.0 Å². The first-order valence-electron chi connectivity index (χ1n) is 7.69. The Labute approximate surface area is 140 Å². The van der Waals surface area contributed by atoms with Gasteiger partial charge in [-0.3, -0.25) is 9.78 Å². The number of carbonyl (C=O) groups is 1. The number of nitrogens with zero attached hydrogens (tertiary/aromatic N) is 2. The summed E-state index contributed by atoms with van der Waals surface area (Å²) in [6.07, 6.45) is 2.55. The number of likely N-dealkylation sites (tertiary alicyclic amines) is 1. The Morgan fingerprint density at radius 2 is 1.91 bits per heavy atom. The van der Waals surface area contributed by atoms with Gasteiger partial charge in [-0.15, -0.1) is 0 Å². The van der Waals surface area contributed by atoms with Crippen LogP contribution in [-0.2, 0) is 5.60 Å². The number of hydrogen-bond donors (Lipinski definition) is 1. The summed E-state index contributed by atoms with van der Waals surface area (Å²) < 4.78 is 0. The van der Waals surface area contributed by atoms with Gasteiger partial charge in [-0.25, -0.2) is 0 Å². The van der Waals surface area contributed by atoms with E-state index >= 15 is 0 Å². The van der Waals surface area contributed by atoms with Crippen molar-refractivity contribution in [3.8, 4) is 0 Å². The van der Waals surface area contributed by atoms with E-state index in [4.69, 9.17) is 11.6 Å². The second-order valence-electron chi connectivity index (χ2n) is 5.99. The van der Waals surface area contributed by atoms with Crippen LogP contribution in [0.5, 0.6) is 0 Å². The highest BCUT2D eigenvalue weighted by Crippen LogP contribution is 2.36. The lowest BCUT2D eigenvalue weighted by Gasteiger charge is -2.39. The zero-order chi connectivity index (χ0) is 16.4. The van der Waals surface area contributed by atoms with E-state index in [0.29, 0.717) is 36.5 Å². The molecule has 0 saturated carbocycles. The third-order valence-corrected chi connectivity index (χ3v) is 4.74. The molecule has 0 unspecified atom stereocenters. The molecule has 1 amide bonds. The molecule has 1 aromatic heterocycles. The quantitative estimate of drug-likeness (QED) is 0.920. The molecular weight excluding hydrogens is 312 g/mol. The second-order valence-corrected chi connectivity index (χ2v) is 6.40. The molecule has 0 spiro atoms. The topological polar surface area (TPSA) is 53.4 Å². The third-order valence-electron chi connectivity index (χ3n) is 4.41. The Morgan fingerprint density at radius 3 is 2.52 bits per heavy atom. The predicted molar refractivity (Wildman–Crippen MR) is 89.5 cm³/mol. The van der Waals surface area contributed by atoms with Crippen LogP contribution in [0.3, 0.4) is 0 Å². The first-order valence-corrected chi connectivity index (χ1v) is 8.07. The monoisotopic (exact) mass is 330 g/mol. The maximum absolute atomic E-state index is 12.5. The van der Waals surface area contributed by atoms with Crippen molar-refractivity contribution in [1.82, 2.24) is 9.88 Å². The molecule has 1 aliphatic heterocycles. The molecule has 1 saturated heterocycles. The van der Waals surface area contributed by atoms with E-state index in [0.717, 1.165) is 11.3 Å². The number of aliphatic hydroxyl groups is 1. The zero-order valence-electron chi connectivity index (χ0n) is 13.0. The molecule has 5 heteroatoms. The third kappa shape index (κ3) is 3.23. The molecule has 1 fully saturated rings. The Kier molecular flexibility index (Phi) is 4.37. The Balaban J connectivity index is 1.72. The van der Waals surface area contributed by atoms with Gasteiger partial charge in [0.15, 0.2) is 0 Å². The lowest BCUT2D eigenvalue weighted by molar-refractivity contribution is -0.0210. The molecule has 120 valence electrons. The van der Waals surface area contributed by atoms with Crippen molar-refractivity contribution in [3.05, 3.63) is 64.4 Å². The van der Waals surface area contributed by atoms with Crippen LogP contribution in [-0.4, -0.2) is 34.0 Å². The summed E-state index contributed by atoms with van der Waals surface area (Å²) in [6.45, 7) is 2.88. The van der Waals surface area contributed by atoms with Gasteiger partial charge in [0.2, 0.25) is 0 Å². The van der Waals surface area contributed by atoms with Crippen molar-refractivity contribution < 1.29 is 9.90 Å². The average molecular weight is 331 g/mol. The summed E-state index contributed by atoms with van der Waals surface area (Å²) in [5.74, 6) is -0.0429. The maximum Gasteiger partial charge on any atom is 0.255 e. The van der Waals surface area contributed by atoms with Gasteiger partial charge in [-0.1, -0.05) is 29.8 Å². The summed E-state index contributed by atoms with van der Waals surface area (Å²) >= 11 is 6.21. The van der Waals surface area contributed by atoms with Crippen molar-refractivity contribution in [1.29, 1.82) is 0 Å². The molecule has 0 aliphatic carbocycles. The molecule has 0 radical (unpaired) electrons. The molecule has 4 nitrogen and oxygen atoms in total. The standard InChI is InChI=1S/C18H19ClN2O2/c1-13-6-7-14(12-20-13)17(22)21-10-8-18(23,9-11-21)15-4-2-3-5-16(15)19/h2-7,12,23H,8-11H2,1H3. The van der Waals surface area contributed by atoms with E-state index in [-0.39, 0.29) is 5.91 Å². The van der Waals surface area contributed by atoms with E-state index in [2.05, 4.69) is 4.98 Å². The Bertz CT molecular complexity index is 707. The minimum atomic E-state index is -0.972. The lowest BCUT2D eigenvalue weighted by atomic mass is 9.84. The molecule has 23 heavy (non-hydrogen) atoms. The van der Waals surface area contributed by atoms with Crippen LogP contribution in [0, 0.1) is 6.92 Å². The fourth-order valence-corrected chi connectivity index (χ4v) is 3.28. The number of piperidine rings is 1. The van der Waals surface area contributed by atoms with Crippen LogP contribution in [0.2, 0.25) is 5.02 Å². The highest BCUT2D eigenvalue weighted by molar-refractivity contribution is 6.31. The van der Waals surface area contributed by atoms with Crippen LogP contribution in [0.15, 0.2) is 42.6 Å². The Hall–Kier alpha value is -1.91. The van der Waals surface area contributed by atoms with Crippen molar-refractivity contribution in [2.75, 3.05) is 13.1 Å². The minimum absolute atomic E-state index is 0.0429. The fraction of sp³-hybridized carbons (Fsp3) is 0.333. The van der Waals surface area contributed by atoms with Gasteiger partial charge in [0.1, 0.15) is 0 Å². The van der Waals surface area contributed by atoms with E-state index in [1.807, 2.05) is 31.2 Å². The first-order chi connectivity index (χ1) is 11.0. The smallest absolute Gasteiger partial charge is 0.255 e. The number of hydrogen-bond acceptors (Lipinski definition) is 3. The predicted octanol–water partition coefficient (Wildman–Crippen LogP) is 3.17. The largest absolute Gasteiger partial charge is 0.385 e. The molecule has 0 bridgehead atoms. The molecule has 1 aliphatic rings. The van der Waals surface area contributed by atoms with Gasteiger partial charge in [-0.2, -0.15) is 0 Å². The summed E-state index contributed by atoms with van der Waals surface area (Å²) in [5.41, 5.74) is 1.23. The number of aryl methyl sites for hydroxylation is 1. The van der Waals surface area contributed by atoms with Gasteiger partial charge in [0.05, 0.1) is 11.2 Å². The zero-order valence-corrected chi connectivity index (χ0v) is 13.8. The second kappa shape index (κ2) is 6.30. The van der Waals surface area contributed by atoms with Crippen molar-refractivity contribution >= 4 is 17.5 Å². The summed E-state index contributed by atoms with van der Waals surface area (Å²) in [6, 6.07) is 11.0. The molecule has 3 rings (SSSR count). The highest BCUT2D eigenvalue weighted by atomic mass is 35.5. The van der Waals surface area contributed by atoms with Gasteiger partial charge < -0.3 is 10.0 Å². The first kappa shape index (κ1) is 16.0. The van der Waals surface area contributed by atoms with Gasteiger partial charge >= 0.3 is 0 Å². The van der Waals surface area contributed by atoms with Crippen molar-refractivity contribution in [2.24, 2.45) is 0 Å². The minimum Gasteiger partial charge on any atom is -0.385 e. The number of benzene rings is 1. The van der Waals surface area contributed by atoms with E-state index in [9.17, 15) is 9.90 Å². The van der Waals surface area contributed by atoms with E-state index in [1.165, 1.54) is 0 Å². The van der Waals surface area contributed by atoms with Gasteiger partial charge in [0.25, 0.3) is 5.91 Å². The number of amides is 1. The van der Waals surface area contributed by atoms with E-state index in [1.54, 1.807) is 23.2 Å².